The fourth-order valence-electron chi connectivity index (χ4n) is 8.34. The number of nitrogens with one attached hydrogen (secondary N) is 2. The highest BCUT2D eigenvalue weighted by molar-refractivity contribution is 6.28. The van der Waals surface area contributed by atoms with Gasteiger partial charge in [0.1, 0.15) is 45.2 Å². The van der Waals surface area contributed by atoms with Crippen molar-refractivity contribution in [3.8, 4) is 34.5 Å². The zero-order valence-corrected chi connectivity index (χ0v) is 48.3. The van der Waals surface area contributed by atoms with Crippen LogP contribution in [-0.2, 0) is 9.47 Å². The third-order valence-electron chi connectivity index (χ3n) is 12.2. The largest absolute Gasteiger partial charge is 0.493 e. The quantitative estimate of drug-likeness (QED) is 0.108. The van der Waals surface area contributed by atoms with Crippen LogP contribution < -0.4 is 66.1 Å². The zero-order chi connectivity index (χ0) is 59.5. The highest BCUT2D eigenvalue weighted by Gasteiger charge is 2.29. The lowest BCUT2D eigenvalue weighted by Gasteiger charge is -2.35. The maximum Gasteiger partial charge on any atom is 0.410 e. The number of halogens is 4. The van der Waals surface area contributed by atoms with Crippen molar-refractivity contribution in [2.75, 3.05) is 148 Å². The highest BCUT2D eigenvalue weighted by Crippen LogP contribution is 2.40. The molecule has 81 heavy (non-hydrogen) atoms. The van der Waals surface area contributed by atoms with Crippen molar-refractivity contribution >= 4 is 85.8 Å². The predicted molar refractivity (Wildman–Crippen MR) is 302 cm³/mol. The standard InChI is InChI=1S/C19H26FN5O4.C14H18FN5O2.C10H9ClFN3O2.C9H18N2O2/c1-19(2,3)29-18(26)25-8-6-24(7-9-25)17-22-14-11(16(21)23-17)10-12(27-4)15(28-5)13(14)20;1-21-9-7-8-11(10(15)12(9)22-2)18-14(19-13(8)16)20-5-3-17-4-6-20;1-16-5-3-4-7(6(12)8(5)17-2)14-10(11)15-9(4)13;1-9(2,3)13-8(12)11-6-4-10-5-7-11/h10H,6-9H2,1-5H3,(H2,21,22,23);7,17H,3-6H2,1-2H3,(H2,16,18,19);3H,1-2H3,(H2,13,14,15);10H,4-7H2,1-3H3. The van der Waals surface area contributed by atoms with E-state index in [0.29, 0.717) is 54.2 Å². The Balaban J connectivity index is 0.000000181. The molecule has 3 fully saturated rings. The van der Waals surface area contributed by atoms with E-state index in [0.717, 1.165) is 52.4 Å². The number of ether oxygens (including phenoxy) is 8. The summed E-state index contributed by atoms with van der Waals surface area (Å²) < 4.78 is 84.7. The van der Waals surface area contributed by atoms with Crippen molar-refractivity contribution in [2.24, 2.45) is 0 Å². The molecule has 0 aliphatic carbocycles. The number of nitrogen functional groups attached to an aromatic ring is 3. The molecule has 0 spiro atoms. The molecule has 3 aliphatic rings. The van der Waals surface area contributed by atoms with E-state index in [9.17, 15) is 22.8 Å². The van der Waals surface area contributed by atoms with Gasteiger partial charge in [0.25, 0.3) is 0 Å². The number of methoxy groups -OCH3 is 6. The number of rotatable bonds is 8. The molecule has 0 atom stereocenters. The monoisotopic (exact) mass is 1160 g/mol. The second-order valence-corrected chi connectivity index (χ2v) is 20.4. The van der Waals surface area contributed by atoms with Crippen LogP contribution in [0, 0.1) is 17.5 Å². The molecule has 0 saturated carbocycles. The first-order valence-electron chi connectivity index (χ1n) is 25.5. The molecule has 6 aromatic rings. The third-order valence-corrected chi connectivity index (χ3v) is 12.4. The smallest absolute Gasteiger partial charge is 0.410 e. The summed E-state index contributed by atoms with van der Waals surface area (Å²) in [7, 11) is 8.33. The molecule has 0 bridgehead atoms. The van der Waals surface area contributed by atoms with Crippen LogP contribution in [0.25, 0.3) is 32.7 Å². The molecule has 2 amide bonds. The summed E-state index contributed by atoms with van der Waals surface area (Å²) in [6.45, 7) is 19.3. The van der Waals surface area contributed by atoms with E-state index in [1.54, 1.807) is 21.9 Å². The lowest BCUT2D eigenvalue weighted by atomic mass is 10.2. The summed E-state index contributed by atoms with van der Waals surface area (Å²) in [4.78, 5) is 55.8. The number of amides is 2. The van der Waals surface area contributed by atoms with Crippen molar-refractivity contribution in [3.05, 3.63) is 40.9 Å². The van der Waals surface area contributed by atoms with Gasteiger partial charge in [0, 0.05) is 94.7 Å². The van der Waals surface area contributed by atoms with Crippen molar-refractivity contribution in [3.63, 3.8) is 0 Å². The predicted octanol–water partition coefficient (Wildman–Crippen LogP) is 6.05. The number of hydrogen-bond donors (Lipinski definition) is 5. The van der Waals surface area contributed by atoms with Crippen LogP contribution in [0.4, 0.5) is 52.1 Å². The molecular weight excluding hydrogens is 1090 g/mol. The van der Waals surface area contributed by atoms with Gasteiger partial charge < -0.3 is 85.3 Å². The van der Waals surface area contributed by atoms with E-state index < -0.39 is 23.1 Å². The van der Waals surface area contributed by atoms with Gasteiger partial charge >= 0.3 is 12.2 Å². The van der Waals surface area contributed by atoms with Gasteiger partial charge in [0.15, 0.2) is 51.9 Å². The molecule has 25 nitrogen and oxygen atoms in total. The summed E-state index contributed by atoms with van der Waals surface area (Å²) in [5.74, 6) is -0.156. The SMILES string of the molecule is CC(C)(C)OC(=O)N1CCNCC1.COc1cc2c(N)nc(Cl)nc2c(F)c1OC.COc1cc2c(N)nc(N3CCN(C(=O)OC(C)(C)C)CC3)nc2c(F)c1OC.COc1cc2c(N)nc(N3CCNCC3)nc2c(F)c1OC. The number of carbonyl (C=O) groups excluding carboxylic acids is 2. The zero-order valence-electron chi connectivity index (χ0n) is 47.5. The van der Waals surface area contributed by atoms with Crippen molar-refractivity contribution in [2.45, 2.75) is 52.7 Å². The Kier molecular flexibility index (Phi) is 20.7. The van der Waals surface area contributed by atoms with E-state index in [1.165, 1.54) is 48.7 Å². The Morgan fingerprint density at radius 2 is 0.802 bits per heavy atom. The van der Waals surface area contributed by atoms with Gasteiger partial charge in [-0.1, -0.05) is 0 Å². The average molecular weight is 1160 g/mol. The molecule has 0 radical (unpaired) electrons. The molecular formula is C52H71ClF3N15O10. The second-order valence-electron chi connectivity index (χ2n) is 20.1. The number of carbonyl (C=O) groups is 2. The van der Waals surface area contributed by atoms with E-state index in [1.807, 2.05) is 51.3 Å². The summed E-state index contributed by atoms with van der Waals surface area (Å²) in [6.07, 6.45) is -0.562. The first-order valence-corrected chi connectivity index (χ1v) is 25.9. The highest BCUT2D eigenvalue weighted by atomic mass is 35.5. The molecule has 6 heterocycles. The molecule has 3 aliphatic heterocycles. The Bertz CT molecular complexity index is 3190. The fourth-order valence-corrected chi connectivity index (χ4v) is 8.51. The first-order chi connectivity index (χ1) is 38.4. The van der Waals surface area contributed by atoms with Crippen LogP contribution >= 0.6 is 11.6 Å². The van der Waals surface area contributed by atoms with Gasteiger partial charge in [-0.05, 0) is 71.3 Å². The Morgan fingerprint density at radius 3 is 1.15 bits per heavy atom. The van der Waals surface area contributed by atoms with Gasteiger partial charge in [-0.2, -0.15) is 9.97 Å². The van der Waals surface area contributed by atoms with Gasteiger partial charge in [-0.25, -0.2) is 42.7 Å². The van der Waals surface area contributed by atoms with Gasteiger partial charge in [-0.3, -0.25) is 0 Å². The van der Waals surface area contributed by atoms with Gasteiger partial charge in [0.05, 0.1) is 42.7 Å². The number of nitrogens with zero attached hydrogens (tertiary/aromatic N) is 10. The molecule has 8 N–H and O–H groups in total. The molecule has 442 valence electrons. The molecule has 3 saturated heterocycles. The van der Waals surface area contributed by atoms with Crippen molar-refractivity contribution in [1.82, 2.24) is 50.3 Å². The summed E-state index contributed by atoms with van der Waals surface area (Å²) in [6, 6.07) is 4.65. The maximum absolute atomic E-state index is 14.9. The van der Waals surface area contributed by atoms with E-state index in [-0.39, 0.29) is 91.6 Å². The second kappa shape index (κ2) is 27.0. The van der Waals surface area contributed by atoms with Crippen molar-refractivity contribution in [1.29, 1.82) is 0 Å². The van der Waals surface area contributed by atoms with Crippen LogP contribution in [0.3, 0.4) is 0 Å². The lowest BCUT2D eigenvalue weighted by molar-refractivity contribution is 0.0223. The van der Waals surface area contributed by atoms with Crippen LogP contribution in [0.2, 0.25) is 5.28 Å². The minimum atomic E-state index is -0.683. The third kappa shape index (κ3) is 15.3. The van der Waals surface area contributed by atoms with Crippen LogP contribution in [0.1, 0.15) is 41.5 Å². The molecule has 9 rings (SSSR count). The van der Waals surface area contributed by atoms with Crippen LogP contribution in [-0.4, -0.2) is 184 Å². The van der Waals surface area contributed by atoms with E-state index in [2.05, 4.69) is 40.5 Å². The maximum atomic E-state index is 14.9. The summed E-state index contributed by atoms with van der Waals surface area (Å²) in [5, 5.41) is 7.38. The van der Waals surface area contributed by atoms with E-state index >= 15 is 0 Å². The Labute approximate surface area is 471 Å². The summed E-state index contributed by atoms with van der Waals surface area (Å²) >= 11 is 5.62. The number of piperazine rings is 3. The van der Waals surface area contributed by atoms with Crippen molar-refractivity contribution < 1.29 is 60.7 Å². The minimum Gasteiger partial charge on any atom is -0.493 e. The number of nitrogens with two attached hydrogens (primary N) is 3. The van der Waals surface area contributed by atoms with Gasteiger partial charge in [-0.15, -0.1) is 0 Å². The van der Waals surface area contributed by atoms with Crippen LogP contribution in [0.15, 0.2) is 18.2 Å². The summed E-state index contributed by atoms with van der Waals surface area (Å²) in [5.41, 5.74) is 17.0. The van der Waals surface area contributed by atoms with Gasteiger partial charge in [0.2, 0.25) is 17.2 Å². The first kappa shape index (κ1) is 62.2. The molecule has 3 aromatic heterocycles. The number of hydrogen-bond acceptors (Lipinski definition) is 23. The number of aromatic nitrogens is 6. The fraction of sp³-hybridized carbons (Fsp3) is 0.500. The lowest BCUT2D eigenvalue weighted by Crippen LogP contribution is -2.50. The minimum absolute atomic E-state index is 0.000139. The normalized spacial score (nSPS) is 14.6. The molecule has 0 unspecified atom stereocenters. The average Bonchev–Trinajstić information content (AvgIpc) is 3.43. The Morgan fingerprint density at radius 1 is 0.481 bits per heavy atom. The molecule has 3 aromatic carbocycles. The number of anilines is 5. The Hall–Kier alpha value is -7.98. The van der Waals surface area contributed by atoms with E-state index in [4.69, 9.17) is 66.7 Å². The number of fused-ring (bicyclic) bond motifs is 3. The molecule has 29 heteroatoms. The van der Waals surface area contributed by atoms with Crippen LogP contribution in [0.5, 0.6) is 34.5 Å². The topological polar surface area (TPSA) is 300 Å². The number of benzene rings is 3.